The molecule has 1 rings (SSSR count). The number of aromatic nitrogens is 2. The third kappa shape index (κ3) is 3.27. The van der Waals surface area contributed by atoms with Gasteiger partial charge in [0.2, 0.25) is 0 Å². The number of hydrogen-bond donors (Lipinski definition) is 1. The Balaban J connectivity index is 2.19. The van der Waals surface area contributed by atoms with Crippen LogP contribution in [0.1, 0.15) is 36.7 Å². The zero-order chi connectivity index (χ0) is 9.52. The van der Waals surface area contributed by atoms with Gasteiger partial charge in [0.15, 0.2) is 0 Å². The monoisotopic (exact) mass is 182 g/mol. The van der Waals surface area contributed by atoms with Gasteiger partial charge in [-0.05, 0) is 6.42 Å². The van der Waals surface area contributed by atoms with Crippen LogP contribution in [-0.4, -0.2) is 22.5 Å². The molecule has 0 atom stereocenters. The predicted molar refractivity (Wildman–Crippen MR) is 48.4 cm³/mol. The van der Waals surface area contributed by atoms with Crippen molar-refractivity contribution in [3.8, 4) is 0 Å². The first-order valence-corrected chi connectivity index (χ1v) is 4.50. The van der Waals surface area contributed by atoms with E-state index in [1.54, 1.807) is 0 Å². The number of aromatic amines is 1. The molecule has 13 heavy (non-hydrogen) atoms. The third-order valence-corrected chi connectivity index (χ3v) is 1.70. The fourth-order valence-corrected chi connectivity index (χ4v) is 0.962. The predicted octanol–water partition coefficient (Wildman–Crippen LogP) is 1.76. The second-order valence-electron chi connectivity index (χ2n) is 2.81. The van der Waals surface area contributed by atoms with E-state index in [1.807, 2.05) is 0 Å². The molecule has 0 aliphatic rings. The summed E-state index contributed by atoms with van der Waals surface area (Å²) < 4.78 is 4.98. The SMILES string of the molecule is CCCCCOC(=O)c1cnc[nH]1. The lowest BCUT2D eigenvalue weighted by atomic mass is 10.3. The molecule has 0 unspecified atom stereocenters. The summed E-state index contributed by atoms with van der Waals surface area (Å²) in [5, 5.41) is 0. The molecule has 0 radical (unpaired) electrons. The molecule has 1 N–H and O–H groups in total. The Bertz CT molecular complexity index is 244. The van der Waals surface area contributed by atoms with E-state index in [-0.39, 0.29) is 5.97 Å². The molecule has 1 aromatic heterocycles. The average molecular weight is 182 g/mol. The Morgan fingerprint density at radius 1 is 1.62 bits per heavy atom. The van der Waals surface area contributed by atoms with Gasteiger partial charge in [-0.2, -0.15) is 0 Å². The van der Waals surface area contributed by atoms with Crippen molar-refractivity contribution in [2.45, 2.75) is 26.2 Å². The maximum Gasteiger partial charge on any atom is 0.356 e. The number of ether oxygens (including phenoxy) is 1. The van der Waals surface area contributed by atoms with Crippen LogP contribution in [0, 0.1) is 0 Å². The van der Waals surface area contributed by atoms with Crippen LogP contribution in [-0.2, 0) is 4.74 Å². The highest BCUT2D eigenvalue weighted by Gasteiger charge is 2.06. The molecule has 4 nitrogen and oxygen atoms in total. The largest absolute Gasteiger partial charge is 0.461 e. The number of carbonyl (C=O) groups is 1. The van der Waals surface area contributed by atoms with Crippen LogP contribution in [0.3, 0.4) is 0 Å². The number of hydrogen-bond acceptors (Lipinski definition) is 3. The standard InChI is InChI=1S/C9H14N2O2/c1-2-3-4-5-13-9(12)8-6-10-7-11-8/h6-7H,2-5H2,1H3,(H,10,11). The molecule has 0 aromatic carbocycles. The van der Waals surface area contributed by atoms with Crippen LogP contribution in [0.4, 0.5) is 0 Å². The Hall–Kier alpha value is -1.32. The van der Waals surface area contributed by atoms with Crippen molar-refractivity contribution in [1.29, 1.82) is 0 Å². The number of imidazole rings is 1. The highest BCUT2D eigenvalue weighted by atomic mass is 16.5. The lowest BCUT2D eigenvalue weighted by molar-refractivity contribution is 0.0492. The van der Waals surface area contributed by atoms with Crippen LogP contribution in [0.15, 0.2) is 12.5 Å². The van der Waals surface area contributed by atoms with Gasteiger partial charge < -0.3 is 9.72 Å². The summed E-state index contributed by atoms with van der Waals surface area (Å²) in [6, 6.07) is 0. The molecule has 0 aliphatic carbocycles. The first-order chi connectivity index (χ1) is 6.34. The first kappa shape index (κ1) is 9.77. The molecular weight excluding hydrogens is 168 g/mol. The van der Waals surface area contributed by atoms with E-state index < -0.39 is 0 Å². The molecule has 0 aliphatic heterocycles. The van der Waals surface area contributed by atoms with Crippen molar-refractivity contribution >= 4 is 5.97 Å². The fraction of sp³-hybridized carbons (Fsp3) is 0.556. The van der Waals surface area contributed by atoms with Crippen molar-refractivity contribution in [1.82, 2.24) is 9.97 Å². The molecule has 0 saturated heterocycles. The number of nitrogens with one attached hydrogen (secondary N) is 1. The quantitative estimate of drug-likeness (QED) is 0.557. The molecule has 1 aromatic rings. The van der Waals surface area contributed by atoms with E-state index in [0.717, 1.165) is 19.3 Å². The smallest absolute Gasteiger partial charge is 0.356 e. The summed E-state index contributed by atoms with van der Waals surface area (Å²) in [4.78, 5) is 17.6. The Labute approximate surface area is 77.3 Å². The van der Waals surface area contributed by atoms with Gasteiger partial charge in [-0.1, -0.05) is 19.8 Å². The zero-order valence-electron chi connectivity index (χ0n) is 7.75. The second-order valence-corrected chi connectivity index (χ2v) is 2.81. The van der Waals surface area contributed by atoms with Gasteiger partial charge in [-0.25, -0.2) is 9.78 Å². The Morgan fingerprint density at radius 2 is 2.46 bits per heavy atom. The van der Waals surface area contributed by atoms with E-state index in [2.05, 4.69) is 16.9 Å². The van der Waals surface area contributed by atoms with Crippen molar-refractivity contribution in [2.75, 3.05) is 6.61 Å². The number of nitrogens with zero attached hydrogens (tertiary/aromatic N) is 1. The summed E-state index contributed by atoms with van der Waals surface area (Å²) >= 11 is 0. The summed E-state index contributed by atoms with van der Waals surface area (Å²) in [5.74, 6) is -0.325. The van der Waals surface area contributed by atoms with E-state index in [9.17, 15) is 4.79 Å². The van der Waals surface area contributed by atoms with Crippen molar-refractivity contribution < 1.29 is 9.53 Å². The van der Waals surface area contributed by atoms with Crippen LogP contribution >= 0.6 is 0 Å². The first-order valence-electron chi connectivity index (χ1n) is 4.50. The number of rotatable bonds is 5. The van der Waals surface area contributed by atoms with E-state index in [4.69, 9.17) is 4.74 Å². The number of unbranched alkanes of at least 4 members (excludes halogenated alkanes) is 2. The highest BCUT2D eigenvalue weighted by Crippen LogP contribution is 1.98. The summed E-state index contributed by atoms with van der Waals surface area (Å²) in [7, 11) is 0. The lowest BCUT2D eigenvalue weighted by Gasteiger charge is -2.01. The van der Waals surface area contributed by atoms with Gasteiger partial charge in [0.25, 0.3) is 0 Å². The highest BCUT2D eigenvalue weighted by molar-refractivity contribution is 5.86. The molecule has 1 heterocycles. The van der Waals surface area contributed by atoms with Crippen LogP contribution in [0.5, 0.6) is 0 Å². The molecule has 72 valence electrons. The van der Waals surface area contributed by atoms with Crippen LogP contribution in [0.2, 0.25) is 0 Å². The van der Waals surface area contributed by atoms with E-state index in [1.165, 1.54) is 12.5 Å². The van der Waals surface area contributed by atoms with Gasteiger partial charge in [0.1, 0.15) is 5.69 Å². The number of carbonyl (C=O) groups excluding carboxylic acids is 1. The van der Waals surface area contributed by atoms with Crippen LogP contribution in [0.25, 0.3) is 0 Å². The molecule has 0 fully saturated rings. The van der Waals surface area contributed by atoms with Gasteiger partial charge in [-0.15, -0.1) is 0 Å². The van der Waals surface area contributed by atoms with Gasteiger partial charge in [-0.3, -0.25) is 0 Å². The van der Waals surface area contributed by atoms with E-state index in [0.29, 0.717) is 12.3 Å². The van der Waals surface area contributed by atoms with Gasteiger partial charge >= 0.3 is 5.97 Å². The summed E-state index contributed by atoms with van der Waals surface area (Å²) in [6.07, 6.45) is 6.07. The third-order valence-electron chi connectivity index (χ3n) is 1.70. The zero-order valence-corrected chi connectivity index (χ0v) is 7.75. The molecule has 0 amide bonds. The normalized spacial score (nSPS) is 9.92. The molecule has 4 heteroatoms. The average Bonchev–Trinajstić information content (AvgIpc) is 2.65. The summed E-state index contributed by atoms with van der Waals surface area (Å²) in [5.41, 5.74) is 0.413. The second kappa shape index (κ2) is 5.35. The van der Waals surface area contributed by atoms with Crippen molar-refractivity contribution in [3.05, 3.63) is 18.2 Å². The minimum atomic E-state index is -0.325. The van der Waals surface area contributed by atoms with Crippen molar-refractivity contribution in [3.63, 3.8) is 0 Å². The van der Waals surface area contributed by atoms with Crippen molar-refractivity contribution in [2.24, 2.45) is 0 Å². The minimum Gasteiger partial charge on any atom is -0.461 e. The molecule has 0 saturated carbocycles. The minimum absolute atomic E-state index is 0.325. The summed E-state index contributed by atoms with van der Waals surface area (Å²) in [6.45, 7) is 2.60. The molecular formula is C9H14N2O2. The van der Waals surface area contributed by atoms with Gasteiger partial charge in [0.05, 0.1) is 19.1 Å². The Morgan fingerprint density at radius 3 is 3.08 bits per heavy atom. The number of H-pyrrole nitrogens is 1. The maximum atomic E-state index is 11.2. The van der Waals surface area contributed by atoms with Crippen LogP contribution < -0.4 is 0 Å². The molecule has 0 bridgehead atoms. The molecule has 0 spiro atoms. The lowest BCUT2D eigenvalue weighted by Crippen LogP contribution is -2.06. The number of esters is 1. The Kier molecular flexibility index (Phi) is 4.02. The maximum absolute atomic E-state index is 11.2. The van der Waals surface area contributed by atoms with E-state index >= 15 is 0 Å². The topological polar surface area (TPSA) is 55.0 Å². The van der Waals surface area contributed by atoms with Gasteiger partial charge in [0, 0.05) is 0 Å². The fourth-order valence-electron chi connectivity index (χ4n) is 0.962.